The molecule has 2 aliphatic rings. The number of benzene rings is 2. The molecule has 2 fully saturated rings. The van der Waals surface area contributed by atoms with Crippen molar-refractivity contribution < 1.29 is 86.3 Å². The van der Waals surface area contributed by atoms with Crippen molar-refractivity contribution in [1.82, 2.24) is 9.80 Å². The number of hydrogen-bond donors (Lipinski definition) is 2. The van der Waals surface area contributed by atoms with Gasteiger partial charge in [-0.05, 0) is 108 Å². The lowest BCUT2D eigenvalue weighted by molar-refractivity contribution is -0.172. The lowest BCUT2D eigenvalue weighted by Gasteiger charge is -2.32. The number of aliphatic hydroxyl groups is 2. The predicted molar refractivity (Wildman–Crippen MR) is 251 cm³/mol. The van der Waals surface area contributed by atoms with Crippen LogP contribution in [0.15, 0.2) is 60.7 Å². The highest BCUT2D eigenvalue weighted by Crippen LogP contribution is 2.25. The Morgan fingerprint density at radius 3 is 1.24 bits per heavy atom. The Labute approximate surface area is 411 Å². The minimum Gasteiger partial charge on any atom is -0.458 e. The number of amides is 4. The molecule has 4 rings (SSSR count). The normalized spacial score (nSPS) is 23.8. The van der Waals surface area contributed by atoms with Gasteiger partial charge >= 0.3 is 36.3 Å². The van der Waals surface area contributed by atoms with Gasteiger partial charge in [0.25, 0.3) is 0 Å². The topological polar surface area (TPSA) is 242 Å². The number of rotatable bonds is 8. The smallest absolute Gasteiger partial charge is 0.420 e. The summed E-state index contributed by atoms with van der Waals surface area (Å²) >= 11 is 0. The first-order valence-corrected chi connectivity index (χ1v) is 23.1. The van der Waals surface area contributed by atoms with Crippen molar-refractivity contribution in [1.29, 1.82) is 0 Å². The fourth-order valence-corrected chi connectivity index (χ4v) is 6.39. The number of hydrogen-bond acceptors (Lipinski definition) is 18. The molecule has 0 spiro atoms. The molecule has 8 atom stereocenters. The number of esters is 2. The maximum atomic E-state index is 13.6. The van der Waals surface area contributed by atoms with E-state index in [9.17, 15) is 39.0 Å². The van der Waals surface area contributed by atoms with E-state index in [1.807, 2.05) is 60.7 Å². The van der Waals surface area contributed by atoms with E-state index in [0.29, 0.717) is 9.80 Å². The van der Waals surface area contributed by atoms with Crippen LogP contribution < -0.4 is 0 Å². The molecular weight excluding hydrogens is 917 g/mol. The Morgan fingerprint density at radius 2 is 0.871 bits per heavy atom. The summed E-state index contributed by atoms with van der Waals surface area (Å²) in [6, 6.07) is 16.2. The number of carbonyl (C=O) groups excluding carboxylic acids is 6. The Bertz CT molecular complexity index is 1950. The van der Waals surface area contributed by atoms with Crippen molar-refractivity contribution >= 4 is 36.3 Å². The largest absolute Gasteiger partial charge is 0.458 e. The van der Waals surface area contributed by atoms with Crippen LogP contribution in [-0.4, -0.2) is 154 Å². The van der Waals surface area contributed by atoms with E-state index in [2.05, 4.69) is 0 Å². The van der Waals surface area contributed by atoms with E-state index >= 15 is 0 Å². The molecule has 0 aromatic heterocycles. The number of nitrogens with zero attached hydrogens (tertiary/aromatic N) is 2. The van der Waals surface area contributed by atoms with Gasteiger partial charge < -0.3 is 57.6 Å². The standard InChI is InChI=1S/C32H43NO9.C18H31NO9/c1-22-27(39-19-24-16-12-9-13-17-24)26(38-18-23-14-10-8-11-15-23)21-37-20-25(28(34)40-22)33(29(35)41-31(2,3)4)30(36)42-32(5,6)7;1-10-13(21)12(20)9-25-8-11(14(22)26-10)19(15(23)27-17(2,3)4)16(24)28-18(5,6)7/h8-17,22,25-27H,18-21H2,1-7H3;10-13,20-21H,8-9H2,1-7H3/t22-,25-,26-,27-;10-,11-,12-,13-/m00/s1. The zero-order chi connectivity index (χ0) is 52.8. The third-order valence-corrected chi connectivity index (χ3v) is 9.55. The van der Waals surface area contributed by atoms with Crippen LogP contribution in [0.4, 0.5) is 19.2 Å². The first-order chi connectivity index (χ1) is 32.4. The third-order valence-electron chi connectivity index (χ3n) is 9.55. The van der Waals surface area contributed by atoms with E-state index in [1.165, 1.54) is 6.92 Å². The summed E-state index contributed by atoms with van der Waals surface area (Å²) in [6.07, 6.45) is -10.3. The molecule has 20 nitrogen and oxygen atoms in total. The predicted octanol–water partition coefficient (Wildman–Crippen LogP) is 6.87. The number of imide groups is 2. The monoisotopic (exact) mass is 990 g/mol. The summed E-state index contributed by atoms with van der Waals surface area (Å²) < 4.78 is 56.0. The maximum absolute atomic E-state index is 13.6. The van der Waals surface area contributed by atoms with Gasteiger partial charge in [-0.3, -0.25) is 0 Å². The van der Waals surface area contributed by atoms with Crippen LogP contribution in [0.25, 0.3) is 0 Å². The fraction of sp³-hybridized carbons (Fsp3) is 0.640. The van der Waals surface area contributed by atoms with Gasteiger partial charge in [0, 0.05) is 0 Å². The first-order valence-electron chi connectivity index (χ1n) is 23.1. The molecule has 0 saturated carbocycles. The zero-order valence-electron chi connectivity index (χ0n) is 43.0. The van der Waals surface area contributed by atoms with Crippen LogP contribution in [0.1, 0.15) is 108 Å². The summed E-state index contributed by atoms with van der Waals surface area (Å²) in [6.45, 7) is 22.0. The SMILES string of the molecule is C[C@@H]1OC(=O)[C@@H](N(C(=O)OC(C)(C)C)C(=O)OC(C)(C)C)COC[C@H](O)[C@H]1O.C[C@@H]1OC(=O)[C@@H](N(C(=O)OC(C)(C)C)C(=O)OC(C)(C)C)COC[C@H](OCc2ccccc2)[C@H]1OCc1ccccc1. The molecule has 0 aliphatic carbocycles. The van der Waals surface area contributed by atoms with Gasteiger partial charge in [0.1, 0.15) is 59.0 Å². The molecule has 20 heteroatoms. The highest BCUT2D eigenvalue weighted by Gasteiger charge is 2.46. The summed E-state index contributed by atoms with van der Waals surface area (Å²) in [5.74, 6) is -1.87. The second-order valence-electron chi connectivity index (χ2n) is 20.7. The molecule has 2 N–H and O–H groups in total. The van der Waals surface area contributed by atoms with Crippen molar-refractivity contribution in [2.45, 2.75) is 181 Å². The Hall–Kier alpha value is -5.38. The molecule has 2 saturated heterocycles. The van der Waals surface area contributed by atoms with Crippen LogP contribution in [-0.2, 0) is 70.2 Å². The Balaban J connectivity index is 0.000000403. The van der Waals surface area contributed by atoms with E-state index < -0.39 is 114 Å². The molecule has 0 bridgehead atoms. The number of ether oxygens (including phenoxy) is 10. The molecular formula is C50H74N2O18. The molecule has 2 aromatic carbocycles. The minimum atomic E-state index is -1.52. The third kappa shape index (κ3) is 20.2. The van der Waals surface area contributed by atoms with E-state index in [4.69, 9.17) is 47.4 Å². The number of carbonyl (C=O) groups is 6. The molecule has 392 valence electrons. The average Bonchev–Trinajstić information content (AvgIpc) is 3.29. The van der Waals surface area contributed by atoms with Crippen LogP contribution in [0.3, 0.4) is 0 Å². The van der Waals surface area contributed by atoms with Gasteiger partial charge in [-0.2, -0.15) is 9.80 Å². The van der Waals surface area contributed by atoms with Gasteiger partial charge in [0.15, 0.2) is 12.1 Å². The summed E-state index contributed by atoms with van der Waals surface area (Å²) in [5.41, 5.74) is -1.90. The zero-order valence-corrected chi connectivity index (χ0v) is 43.0. The van der Waals surface area contributed by atoms with Crippen molar-refractivity contribution in [3.63, 3.8) is 0 Å². The van der Waals surface area contributed by atoms with Crippen LogP contribution >= 0.6 is 0 Å². The average molecular weight is 991 g/mol. The van der Waals surface area contributed by atoms with E-state index in [-0.39, 0.29) is 33.0 Å². The van der Waals surface area contributed by atoms with Gasteiger partial charge in [-0.25, -0.2) is 28.8 Å². The lowest BCUT2D eigenvalue weighted by atomic mass is 10.1. The highest BCUT2D eigenvalue weighted by atomic mass is 16.6. The molecule has 0 radical (unpaired) electrons. The van der Waals surface area contributed by atoms with Gasteiger partial charge in [-0.15, -0.1) is 0 Å². The number of aliphatic hydroxyl groups excluding tert-OH is 2. The molecule has 70 heavy (non-hydrogen) atoms. The van der Waals surface area contributed by atoms with E-state index in [1.54, 1.807) is 90.0 Å². The summed E-state index contributed by atoms with van der Waals surface area (Å²) in [5, 5.41) is 19.8. The quantitative estimate of drug-likeness (QED) is 0.202. The Morgan fingerprint density at radius 1 is 0.529 bits per heavy atom. The summed E-state index contributed by atoms with van der Waals surface area (Å²) in [7, 11) is 0. The lowest BCUT2D eigenvalue weighted by Crippen LogP contribution is -2.54. The van der Waals surface area contributed by atoms with Gasteiger partial charge in [0.05, 0.1) is 39.6 Å². The molecule has 2 heterocycles. The van der Waals surface area contributed by atoms with Crippen molar-refractivity contribution in [2.24, 2.45) is 0 Å². The summed E-state index contributed by atoms with van der Waals surface area (Å²) in [4.78, 5) is 79.1. The number of cyclic esters (lactones) is 2. The molecule has 2 aliphatic heterocycles. The van der Waals surface area contributed by atoms with Crippen molar-refractivity contribution in [2.75, 3.05) is 26.4 Å². The van der Waals surface area contributed by atoms with Crippen LogP contribution in [0.2, 0.25) is 0 Å². The molecule has 0 unspecified atom stereocenters. The Kier molecular flexibility index (Phi) is 21.6. The first kappa shape index (κ1) is 58.9. The molecule has 2 aromatic rings. The second kappa shape index (κ2) is 25.7. The van der Waals surface area contributed by atoms with Gasteiger partial charge in [-0.1, -0.05) is 60.7 Å². The fourth-order valence-electron chi connectivity index (χ4n) is 6.39. The van der Waals surface area contributed by atoms with Crippen molar-refractivity contribution in [3.8, 4) is 0 Å². The highest BCUT2D eigenvalue weighted by molar-refractivity contribution is 5.95. The van der Waals surface area contributed by atoms with E-state index in [0.717, 1.165) is 11.1 Å². The van der Waals surface area contributed by atoms with Crippen LogP contribution in [0, 0.1) is 0 Å². The van der Waals surface area contributed by atoms with Crippen molar-refractivity contribution in [3.05, 3.63) is 71.8 Å². The maximum Gasteiger partial charge on any atom is 0.420 e. The second-order valence-corrected chi connectivity index (χ2v) is 20.7. The minimum absolute atomic E-state index is 0.000245. The van der Waals surface area contributed by atoms with Crippen LogP contribution in [0.5, 0.6) is 0 Å². The van der Waals surface area contributed by atoms with Gasteiger partial charge in [0.2, 0.25) is 0 Å². The molecule has 4 amide bonds.